The third-order valence-electron chi connectivity index (χ3n) is 2.08. The zero-order valence-electron chi connectivity index (χ0n) is 8.44. The monoisotopic (exact) mass is 271 g/mol. The third-order valence-corrected chi connectivity index (χ3v) is 2.61. The van der Waals surface area contributed by atoms with E-state index in [1.807, 2.05) is 31.2 Å². The number of hydrogen-bond donors (Lipinski definition) is 3. The van der Waals surface area contributed by atoms with Crippen LogP contribution in [-0.4, -0.2) is 17.1 Å². The average Bonchev–Trinajstić information content (AvgIpc) is 2.26. The quantitative estimate of drug-likeness (QED) is 0.338. The number of hydrogen-bond acceptors (Lipinski definition) is 3. The zero-order valence-corrected chi connectivity index (χ0v) is 10.0. The summed E-state index contributed by atoms with van der Waals surface area (Å²) in [5.41, 5.74) is 6.58. The van der Waals surface area contributed by atoms with Crippen LogP contribution in [0.5, 0.6) is 0 Å². The summed E-state index contributed by atoms with van der Waals surface area (Å²) in [6.45, 7) is 2.53. The molecule has 0 saturated carbocycles. The van der Waals surface area contributed by atoms with E-state index in [4.69, 9.17) is 10.9 Å². The first-order valence-electron chi connectivity index (χ1n) is 4.58. The molecule has 0 aromatic heterocycles. The summed E-state index contributed by atoms with van der Waals surface area (Å²) in [5.74, 6) is 0.187. The van der Waals surface area contributed by atoms with Gasteiger partial charge in [0.1, 0.15) is 0 Å². The molecule has 0 spiro atoms. The highest BCUT2D eigenvalue weighted by Crippen LogP contribution is 2.10. The van der Waals surface area contributed by atoms with Crippen LogP contribution in [-0.2, 0) is 6.54 Å². The van der Waals surface area contributed by atoms with Gasteiger partial charge in [-0.25, -0.2) is 0 Å². The van der Waals surface area contributed by atoms with Gasteiger partial charge in [-0.05, 0) is 24.6 Å². The van der Waals surface area contributed by atoms with Crippen LogP contribution < -0.4 is 11.1 Å². The van der Waals surface area contributed by atoms with Crippen LogP contribution in [0.4, 0.5) is 0 Å². The van der Waals surface area contributed by atoms with E-state index in [-0.39, 0.29) is 11.9 Å². The fourth-order valence-electron chi connectivity index (χ4n) is 1.06. The lowest BCUT2D eigenvalue weighted by Crippen LogP contribution is -2.38. The molecule has 0 saturated heterocycles. The number of halogens is 1. The third kappa shape index (κ3) is 3.89. The van der Waals surface area contributed by atoms with Crippen molar-refractivity contribution in [3.05, 3.63) is 34.3 Å². The first-order valence-corrected chi connectivity index (χ1v) is 5.38. The van der Waals surface area contributed by atoms with E-state index in [1.54, 1.807) is 0 Å². The predicted octanol–water partition coefficient (Wildman–Crippen LogP) is 1.67. The van der Waals surface area contributed by atoms with Crippen molar-refractivity contribution in [1.82, 2.24) is 5.32 Å². The van der Waals surface area contributed by atoms with E-state index in [1.165, 1.54) is 0 Å². The lowest BCUT2D eigenvalue weighted by Gasteiger charge is -2.11. The number of amidine groups is 1. The lowest BCUT2D eigenvalue weighted by molar-refractivity contribution is 0.315. The van der Waals surface area contributed by atoms with Gasteiger partial charge in [0.25, 0.3) is 0 Å². The molecule has 0 aliphatic rings. The molecular weight excluding hydrogens is 258 g/mol. The van der Waals surface area contributed by atoms with Gasteiger partial charge in [-0.2, -0.15) is 0 Å². The first-order chi connectivity index (χ1) is 7.13. The molecule has 1 unspecified atom stereocenters. The Morgan fingerprint density at radius 3 is 2.67 bits per heavy atom. The number of nitrogens with two attached hydrogens (primary N) is 1. The van der Waals surface area contributed by atoms with Crippen LogP contribution in [0.25, 0.3) is 0 Å². The fraction of sp³-hybridized carbons (Fsp3) is 0.300. The number of oxime groups is 1. The van der Waals surface area contributed by atoms with Gasteiger partial charge in [-0.15, -0.1) is 0 Å². The Bertz CT molecular complexity index is 337. The van der Waals surface area contributed by atoms with Gasteiger partial charge < -0.3 is 16.3 Å². The van der Waals surface area contributed by atoms with Crippen molar-refractivity contribution in [3.8, 4) is 0 Å². The Morgan fingerprint density at radius 2 is 2.13 bits per heavy atom. The second-order valence-electron chi connectivity index (χ2n) is 3.25. The molecule has 0 amide bonds. The standard InChI is InChI=1S/C10H14BrN3O/c1-7(10(12)14-15)13-6-8-2-4-9(11)5-3-8/h2-5,7,13,15H,6H2,1H3,(H2,12,14). The van der Waals surface area contributed by atoms with Crippen LogP contribution in [0, 0.1) is 0 Å². The van der Waals surface area contributed by atoms with E-state index in [0.717, 1.165) is 10.0 Å². The summed E-state index contributed by atoms with van der Waals surface area (Å²) in [7, 11) is 0. The molecule has 0 aliphatic heterocycles. The minimum Gasteiger partial charge on any atom is -0.409 e. The highest BCUT2D eigenvalue weighted by Gasteiger charge is 2.05. The van der Waals surface area contributed by atoms with Crippen molar-refractivity contribution in [3.63, 3.8) is 0 Å². The Balaban J connectivity index is 2.47. The summed E-state index contributed by atoms with van der Waals surface area (Å²) in [6, 6.07) is 7.83. The molecular formula is C10H14BrN3O. The van der Waals surface area contributed by atoms with E-state index in [0.29, 0.717) is 6.54 Å². The van der Waals surface area contributed by atoms with Crippen molar-refractivity contribution in [2.45, 2.75) is 19.5 Å². The summed E-state index contributed by atoms with van der Waals surface area (Å²) < 4.78 is 1.05. The van der Waals surface area contributed by atoms with E-state index < -0.39 is 0 Å². The largest absolute Gasteiger partial charge is 0.409 e. The van der Waals surface area contributed by atoms with Gasteiger partial charge in [-0.3, -0.25) is 0 Å². The maximum atomic E-state index is 8.46. The predicted molar refractivity (Wildman–Crippen MR) is 63.9 cm³/mol. The van der Waals surface area contributed by atoms with Gasteiger partial charge in [0.05, 0.1) is 6.04 Å². The van der Waals surface area contributed by atoms with Crippen molar-refractivity contribution in [2.24, 2.45) is 10.9 Å². The van der Waals surface area contributed by atoms with E-state index >= 15 is 0 Å². The molecule has 0 fully saturated rings. The molecule has 0 heterocycles. The second kappa shape index (κ2) is 5.72. The molecule has 1 aromatic rings. The SMILES string of the molecule is CC(NCc1ccc(Br)cc1)C(N)=NO. The molecule has 4 N–H and O–H groups in total. The van der Waals surface area contributed by atoms with E-state index in [2.05, 4.69) is 26.4 Å². The van der Waals surface area contributed by atoms with Crippen LogP contribution in [0.15, 0.2) is 33.9 Å². The number of nitrogens with zero attached hydrogens (tertiary/aromatic N) is 1. The van der Waals surface area contributed by atoms with Crippen LogP contribution in [0.1, 0.15) is 12.5 Å². The lowest BCUT2D eigenvalue weighted by atomic mass is 10.2. The van der Waals surface area contributed by atoms with Gasteiger partial charge in [0.15, 0.2) is 5.84 Å². The highest BCUT2D eigenvalue weighted by atomic mass is 79.9. The van der Waals surface area contributed by atoms with Crippen LogP contribution >= 0.6 is 15.9 Å². The normalized spacial score (nSPS) is 13.9. The molecule has 1 rings (SSSR count). The summed E-state index contributed by atoms with van der Waals surface area (Å²) in [5, 5.41) is 14.5. The molecule has 82 valence electrons. The molecule has 1 aromatic carbocycles. The molecule has 15 heavy (non-hydrogen) atoms. The zero-order chi connectivity index (χ0) is 11.3. The minimum absolute atomic E-state index is 0.140. The summed E-state index contributed by atoms with van der Waals surface area (Å²) in [6.07, 6.45) is 0. The first kappa shape index (κ1) is 12.0. The number of rotatable bonds is 4. The Labute approximate surface area is 97.3 Å². The minimum atomic E-state index is -0.140. The van der Waals surface area contributed by atoms with Gasteiger partial charge in [0, 0.05) is 11.0 Å². The topological polar surface area (TPSA) is 70.6 Å². The highest BCUT2D eigenvalue weighted by molar-refractivity contribution is 9.10. The van der Waals surface area contributed by atoms with Gasteiger partial charge in [-0.1, -0.05) is 33.2 Å². The molecule has 0 bridgehead atoms. The summed E-state index contributed by atoms with van der Waals surface area (Å²) in [4.78, 5) is 0. The molecule has 4 nitrogen and oxygen atoms in total. The van der Waals surface area contributed by atoms with Gasteiger partial charge in [0.2, 0.25) is 0 Å². The number of nitrogens with one attached hydrogen (secondary N) is 1. The van der Waals surface area contributed by atoms with Crippen LogP contribution in [0.3, 0.4) is 0 Å². The Morgan fingerprint density at radius 1 is 1.53 bits per heavy atom. The second-order valence-corrected chi connectivity index (χ2v) is 4.17. The van der Waals surface area contributed by atoms with Crippen LogP contribution in [0.2, 0.25) is 0 Å². The maximum absolute atomic E-state index is 8.46. The van der Waals surface area contributed by atoms with Crippen molar-refractivity contribution in [1.29, 1.82) is 0 Å². The Kier molecular flexibility index (Phi) is 4.58. The summed E-state index contributed by atoms with van der Waals surface area (Å²) >= 11 is 3.37. The molecule has 5 heteroatoms. The maximum Gasteiger partial charge on any atom is 0.156 e. The number of benzene rings is 1. The molecule has 0 radical (unpaired) electrons. The van der Waals surface area contributed by atoms with Crippen molar-refractivity contribution in [2.75, 3.05) is 0 Å². The van der Waals surface area contributed by atoms with Crippen molar-refractivity contribution >= 4 is 21.8 Å². The van der Waals surface area contributed by atoms with Crippen molar-refractivity contribution < 1.29 is 5.21 Å². The smallest absolute Gasteiger partial charge is 0.156 e. The fourth-order valence-corrected chi connectivity index (χ4v) is 1.33. The van der Waals surface area contributed by atoms with E-state index in [9.17, 15) is 0 Å². The average molecular weight is 272 g/mol. The van der Waals surface area contributed by atoms with Gasteiger partial charge >= 0.3 is 0 Å². The molecule has 0 aliphatic carbocycles. The Hall–Kier alpha value is -1.07. The molecule has 1 atom stereocenters.